The van der Waals surface area contributed by atoms with Gasteiger partial charge in [0.15, 0.2) is 0 Å². The van der Waals surface area contributed by atoms with Crippen molar-refractivity contribution in [3.63, 3.8) is 0 Å². The first-order chi connectivity index (χ1) is 8.93. The van der Waals surface area contributed by atoms with Crippen LogP contribution in [-0.2, 0) is 5.88 Å². The molecule has 1 rings (SSSR count). The fraction of sp³-hybridized carbons (Fsp3) is 0.600. The molecule has 0 bridgehead atoms. The normalized spacial score (nSPS) is 11.4. The molecule has 19 heavy (non-hydrogen) atoms. The molecule has 108 valence electrons. The molecular formula is C15H24Cl2N2. The Hall–Kier alpha value is -0.440. The van der Waals surface area contributed by atoms with E-state index in [-0.39, 0.29) is 0 Å². The SMILES string of the molecule is CC(C)CN(CCN(C)C)c1ccc(Cl)cc1CCl. The third-order valence-electron chi connectivity index (χ3n) is 2.93. The minimum Gasteiger partial charge on any atom is -0.370 e. The van der Waals surface area contributed by atoms with Gasteiger partial charge >= 0.3 is 0 Å². The average Bonchev–Trinajstić information content (AvgIpc) is 2.33. The van der Waals surface area contributed by atoms with Crippen molar-refractivity contribution in [3.05, 3.63) is 28.8 Å². The van der Waals surface area contributed by atoms with E-state index in [4.69, 9.17) is 23.2 Å². The minimum atomic E-state index is 0.493. The van der Waals surface area contributed by atoms with E-state index in [9.17, 15) is 0 Å². The summed E-state index contributed by atoms with van der Waals surface area (Å²) in [5.41, 5.74) is 2.31. The maximum atomic E-state index is 6.05. The van der Waals surface area contributed by atoms with Gasteiger partial charge in [-0.2, -0.15) is 0 Å². The molecule has 0 fully saturated rings. The Balaban J connectivity index is 2.95. The Bertz CT molecular complexity index is 392. The summed E-state index contributed by atoms with van der Waals surface area (Å²) in [6.45, 7) is 7.52. The number of nitrogens with zero attached hydrogens (tertiary/aromatic N) is 2. The largest absolute Gasteiger partial charge is 0.370 e. The van der Waals surface area contributed by atoms with Gasteiger partial charge in [0.25, 0.3) is 0 Å². The van der Waals surface area contributed by atoms with E-state index in [0.29, 0.717) is 11.8 Å². The van der Waals surface area contributed by atoms with Gasteiger partial charge in [-0.15, -0.1) is 11.6 Å². The van der Waals surface area contributed by atoms with Crippen LogP contribution in [0.1, 0.15) is 19.4 Å². The molecule has 4 heteroatoms. The van der Waals surface area contributed by atoms with Crippen LogP contribution in [0, 0.1) is 5.92 Å². The van der Waals surface area contributed by atoms with Crippen molar-refractivity contribution in [2.75, 3.05) is 38.6 Å². The topological polar surface area (TPSA) is 6.48 Å². The van der Waals surface area contributed by atoms with Gasteiger partial charge in [0, 0.05) is 36.2 Å². The zero-order valence-corrected chi connectivity index (χ0v) is 13.8. The lowest BCUT2D eigenvalue weighted by molar-refractivity contribution is 0.409. The highest BCUT2D eigenvalue weighted by molar-refractivity contribution is 6.30. The first kappa shape index (κ1) is 16.6. The molecule has 0 amide bonds. The predicted octanol–water partition coefficient (Wildman–Crippen LogP) is 4.10. The fourth-order valence-electron chi connectivity index (χ4n) is 2.04. The highest BCUT2D eigenvalue weighted by Crippen LogP contribution is 2.26. The molecule has 0 atom stereocenters. The quantitative estimate of drug-likeness (QED) is 0.700. The van der Waals surface area contributed by atoms with Crippen molar-refractivity contribution in [1.82, 2.24) is 4.90 Å². The fourth-order valence-corrected chi connectivity index (χ4v) is 2.45. The van der Waals surface area contributed by atoms with E-state index in [1.54, 1.807) is 0 Å². The Morgan fingerprint density at radius 1 is 1.16 bits per heavy atom. The van der Waals surface area contributed by atoms with E-state index >= 15 is 0 Å². The minimum absolute atomic E-state index is 0.493. The smallest absolute Gasteiger partial charge is 0.0495 e. The van der Waals surface area contributed by atoms with Crippen LogP contribution in [0.25, 0.3) is 0 Å². The van der Waals surface area contributed by atoms with Gasteiger partial charge in [-0.1, -0.05) is 25.4 Å². The van der Waals surface area contributed by atoms with Crippen LogP contribution in [0.2, 0.25) is 5.02 Å². The summed E-state index contributed by atoms with van der Waals surface area (Å²) < 4.78 is 0. The van der Waals surface area contributed by atoms with Gasteiger partial charge < -0.3 is 9.80 Å². The molecule has 1 aromatic rings. The Labute approximate surface area is 127 Å². The summed E-state index contributed by atoms with van der Waals surface area (Å²) in [6, 6.07) is 5.99. The Kier molecular flexibility index (Phi) is 6.98. The van der Waals surface area contributed by atoms with Crippen LogP contribution in [0.3, 0.4) is 0 Å². The van der Waals surface area contributed by atoms with E-state index in [0.717, 1.165) is 30.2 Å². The van der Waals surface area contributed by atoms with Crippen LogP contribution >= 0.6 is 23.2 Å². The number of benzene rings is 1. The number of hydrogen-bond acceptors (Lipinski definition) is 2. The summed E-state index contributed by atoms with van der Waals surface area (Å²) in [7, 11) is 4.19. The van der Waals surface area contributed by atoms with Crippen molar-refractivity contribution in [3.8, 4) is 0 Å². The number of rotatable bonds is 7. The third-order valence-corrected chi connectivity index (χ3v) is 3.45. The zero-order chi connectivity index (χ0) is 14.4. The predicted molar refractivity (Wildman–Crippen MR) is 86.6 cm³/mol. The standard InChI is InChI=1S/C15H24Cl2N2/c1-12(2)11-19(8-7-18(3)4)15-6-5-14(17)9-13(15)10-16/h5-6,9,12H,7-8,10-11H2,1-4H3. The molecule has 0 aliphatic rings. The third kappa shape index (κ3) is 5.60. The van der Waals surface area contributed by atoms with Crippen LogP contribution in [0.5, 0.6) is 0 Å². The molecule has 0 aliphatic heterocycles. The summed E-state index contributed by atoms with van der Waals surface area (Å²) in [5, 5.41) is 0.747. The second kappa shape index (κ2) is 7.98. The second-order valence-electron chi connectivity index (χ2n) is 5.55. The molecule has 0 aliphatic carbocycles. The first-order valence-corrected chi connectivity index (χ1v) is 7.59. The molecule has 0 unspecified atom stereocenters. The van der Waals surface area contributed by atoms with E-state index in [2.05, 4.69) is 43.8 Å². The average molecular weight is 303 g/mol. The van der Waals surface area contributed by atoms with Crippen molar-refractivity contribution in [1.29, 1.82) is 0 Å². The number of hydrogen-bond donors (Lipinski definition) is 0. The van der Waals surface area contributed by atoms with Crippen molar-refractivity contribution in [2.45, 2.75) is 19.7 Å². The van der Waals surface area contributed by atoms with Gasteiger partial charge in [-0.05, 0) is 43.8 Å². The molecule has 0 radical (unpaired) electrons. The van der Waals surface area contributed by atoms with Crippen LogP contribution in [-0.4, -0.2) is 38.6 Å². The zero-order valence-electron chi connectivity index (χ0n) is 12.3. The number of anilines is 1. The molecular weight excluding hydrogens is 279 g/mol. The van der Waals surface area contributed by atoms with Crippen molar-refractivity contribution >= 4 is 28.9 Å². The lowest BCUT2D eigenvalue weighted by Gasteiger charge is -2.30. The molecule has 0 heterocycles. The number of alkyl halides is 1. The van der Waals surface area contributed by atoms with Gasteiger partial charge in [0.2, 0.25) is 0 Å². The lowest BCUT2D eigenvalue weighted by atomic mass is 10.1. The van der Waals surface area contributed by atoms with Crippen molar-refractivity contribution < 1.29 is 0 Å². The number of likely N-dealkylation sites (N-methyl/N-ethyl adjacent to an activating group) is 1. The van der Waals surface area contributed by atoms with Gasteiger partial charge in [-0.25, -0.2) is 0 Å². The molecule has 2 nitrogen and oxygen atoms in total. The molecule has 0 aromatic heterocycles. The molecule has 0 N–H and O–H groups in total. The van der Waals surface area contributed by atoms with Crippen LogP contribution in [0.4, 0.5) is 5.69 Å². The highest BCUT2D eigenvalue weighted by Gasteiger charge is 2.13. The maximum absolute atomic E-state index is 6.05. The highest BCUT2D eigenvalue weighted by atomic mass is 35.5. The van der Waals surface area contributed by atoms with Gasteiger partial charge in [0.1, 0.15) is 0 Å². The monoisotopic (exact) mass is 302 g/mol. The van der Waals surface area contributed by atoms with Gasteiger partial charge in [-0.3, -0.25) is 0 Å². The second-order valence-corrected chi connectivity index (χ2v) is 6.25. The van der Waals surface area contributed by atoms with E-state index < -0.39 is 0 Å². The summed E-state index contributed by atoms with van der Waals surface area (Å²) in [4.78, 5) is 4.60. The molecule has 0 saturated carbocycles. The van der Waals surface area contributed by atoms with E-state index in [1.807, 2.05) is 12.1 Å². The lowest BCUT2D eigenvalue weighted by Crippen LogP contribution is -2.34. The van der Waals surface area contributed by atoms with Crippen LogP contribution < -0.4 is 4.90 Å². The van der Waals surface area contributed by atoms with Crippen molar-refractivity contribution in [2.24, 2.45) is 5.92 Å². The summed E-state index contributed by atoms with van der Waals surface area (Å²) in [5.74, 6) is 1.10. The van der Waals surface area contributed by atoms with Gasteiger partial charge in [0.05, 0.1) is 0 Å². The molecule has 0 spiro atoms. The first-order valence-electron chi connectivity index (χ1n) is 6.68. The molecule has 1 aromatic carbocycles. The van der Waals surface area contributed by atoms with Crippen LogP contribution in [0.15, 0.2) is 18.2 Å². The van der Waals surface area contributed by atoms with E-state index in [1.165, 1.54) is 5.69 Å². The Morgan fingerprint density at radius 3 is 2.37 bits per heavy atom. The maximum Gasteiger partial charge on any atom is 0.0495 e. The summed E-state index contributed by atoms with van der Waals surface area (Å²) in [6.07, 6.45) is 0. The molecule has 0 saturated heterocycles. The number of halogens is 2. The Morgan fingerprint density at radius 2 is 1.84 bits per heavy atom. The summed E-state index contributed by atoms with van der Waals surface area (Å²) >= 11 is 12.1.